The van der Waals surface area contributed by atoms with Crippen LogP contribution in [0.3, 0.4) is 0 Å². The van der Waals surface area contributed by atoms with Gasteiger partial charge in [-0.25, -0.2) is 0 Å². The highest BCUT2D eigenvalue weighted by molar-refractivity contribution is 8.93. The maximum Gasteiger partial charge on any atom is 0.0208 e. The van der Waals surface area contributed by atoms with Gasteiger partial charge in [0.05, 0.1) is 0 Å². The lowest BCUT2D eigenvalue weighted by Gasteiger charge is -1.70. The second-order valence-corrected chi connectivity index (χ2v) is 1.56. The molecule has 0 heterocycles. The van der Waals surface area contributed by atoms with Crippen LogP contribution in [0.25, 0.3) is 0 Å². The van der Waals surface area contributed by atoms with E-state index in [2.05, 4.69) is 0 Å². The standard InChI is InChI=1S/C3H8N2.2BrH/c4-2-1-3(2)5;;/h2-3H,1,4-5H2;2*1H/t2-,3+;;. The third-order valence-electron chi connectivity index (χ3n) is 0.891. The molecule has 0 aliphatic heterocycles. The summed E-state index contributed by atoms with van der Waals surface area (Å²) in [5.74, 6) is 0. The summed E-state index contributed by atoms with van der Waals surface area (Å²) in [6.45, 7) is 0. The normalized spacial score (nSPS) is 35.1. The van der Waals surface area contributed by atoms with Gasteiger partial charge < -0.3 is 11.5 Å². The summed E-state index contributed by atoms with van der Waals surface area (Å²) in [5.41, 5.74) is 10.5. The van der Waals surface area contributed by atoms with Crippen molar-refractivity contribution in [2.24, 2.45) is 11.5 Å². The van der Waals surface area contributed by atoms with Crippen LogP contribution in [-0.4, -0.2) is 12.1 Å². The van der Waals surface area contributed by atoms with Crippen molar-refractivity contribution in [3.8, 4) is 0 Å². The Morgan fingerprint density at radius 2 is 1.14 bits per heavy atom. The molecule has 0 amide bonds. The lowest BCUT2D eigenvalue weighted by Crippen LogP contribution is -2.12. The average molecular weight is 234 g/mol. The number of hydrogen-bond acceptors (Lipinski definition) is 2. The average Bonchev–Trinajstić information content (AvgIpc) is 1.79. The van der Waals surface area contributed by atoms with Crippen molar-refractivity contribution in [1.29, 1.82) is 0 Å². The highest BCUT2D eigenvalue weighted by Gasteiger charge is 2.28. The molecule has 1 saturated carbocycles. The SMILES string of the molecule is Br.Br.N[C@@H]1C[C@@H]1N. The van der Waals surface area contributed by atoms with Crippen molar-refractivity contribution in [1.82, 2.24) is 0 Å². The predicted octanol–water partition coefficient (Wildman–Crippen LogP) is 0.201. The van der Waals surface area contributed by atoms with Gasteiger partial charge in [-0.3, -0.25) is 0 Å². The smallest absolute Gasteiger partial charge is 0.0208 e. The van der Waals surface area contributed by atoms with E-state index < -0.39 is 0 Å². The van der Waals surface area contributed by atoms with Crippen LogP contribution in [-0.2, 0) is 0 Å². The number of rotatable bonds is 0. The fraction of sp³-hybridized carbons (Fsp3) is 1.00. The van der Waals surface area contributed by atoms with Crippen LogP contribution in [0.4, 0.5) is 0 Å². The fourth-order valence-corrected chi connectivity index (χ4v) is 0.236. The van der Waals surface area contributed by atoms with Crippen molar-refractivity contribution in [3.63, 3.8) is 0 Å². The number of nitrogens with two attached hydrogens (primary N) is 2. The molecule has 2 nitrogen and oxygen atoms in total. The molecule has 4 N–H and O–H groups in total. The summed E-state index contributed by atoms with van der Waals surface area (Å²) in [4.78, 5) is 0. The Bertz CT molecular complexity index is 44.2. The summed E-state index contributed by atoms with van der Waals surface area (Å²) < 4.78 is 0. The fourth-order valence-electron chi connectivity index (χ4n) is 0.236. The van der Waals surface area contributed by atoms with Gasteiger partial charge in [-0.2, -0.15) is 0 Å². The van der Waals surface area contributed by atoms with Crippen LogP contribution in [0.1, 0.15) is 6.42 Å². The molecule has 1 rings (SSSR count). The Kier molecular flexibility index (Phi) is 5.90. The van der Waals surface area contributed by atoms with Gasteiger partial charge in [-0.1, -0.05) is 0 Å². The monoisotopic (exact) mass is 232 g/mol. The maximum atomic E-state index is 5.24. The van der Waals surface area contributed by atoms with Crippen molar-refractivity contribution in [2.45, 2.75) is 18.5 Å². The Morgan fingerprint density at radius 3 is 1.14 bits per heavy atom. The maximum absolute atomic E-state index is 5.24. The van der Waals surface area contributed by atoms with Gasteiger partial charge in [0.2, 0.25) is 0 Å². The molecule has 0 aromatic heterocycles. The molecule has 4 heteroatoms. The third kappa shape index (κ3) is 3.46. The Hall–Kier alpha value is 0.880. The molecular weight excluding hydrogens is 224 g/mol. The van der Waals surface area contributed by atoms with Crippen molar-refractivity contribution < 1.29 is 0 Å². The molecule has 46 valence electrons. The van der Waals surface area contributed by atoms with Crippen LogP contribution in [0.2, 0.25) is 0 Å². The molecule has 1 aliphatic carbocycles. The summed E-state index contributed by atoms with van der Waals surface area (Å²) in [5, 5.41) is 0. The molecule has 1 fully saturated rings. The highest BCUT2D eigenvalue weighted by atomic mass is 79.9. The molecule has 1 aliphatic rings. The van der Waals surface area contributed by atoms with E-state index in [1.54, 1.807) is 0 Å². The number of halogens is 2. The molecule has 0 aromatic carbocycles. The summed E-state index contributed by atoms with van der Waals surface area (Å²) in [6, 6.07) is 0.657. The van der Waals surface area contributed by atoms with Gasteiger partial charge in [0, 0.05) is 12.1 Å². The van der Waals surface area contributed by atoms with Crippen molar-refractivity contribution >= 4 is 34.0 Å². The Balaban J connectivity index is 0. The second kappa shape index (κ2) is 3.83. The first-order valence-corrected chi connectivity index (χ1v) is 1.82. The van der Waals surface area contributed by atoms with Crippen LogP contribution in [0.5, 0.6) is 0 Å². The van der Waals surface area contributed by atoms with Crippen LogP contribution in [0.15, 0.2) is 0 Å². The minimum atomic E-state index is 0. The molecule has 0 aromatic rings. The zero-order chi connectivity index (χ0) is 3.86. The number of hydrogen-bond donors (Lipinski definition) is 2. The lowest BCUT2D eigenvalue weighted by atomic mass is 10.7. The van der Waals surface area contributed by atoms with E-state index >= 15 is 0 Å². The largest absolute Gasteiger partial charge is 0.326 e. The Labute approximate surface area is 64.2 Å². The topological polar surface area (TPSA) is 52.0 Å². The summed E-state index contributed by atoms with van der Waals surface area (Å²) in [6.07, 6.45) is 1.03. The second-order valence-electron chi connectivity index (χ2n) is 1.56. The third-order valence-corrected chi connectivity index (χ3v) is 0.891. The van der Waals surface area contributed by atoms with Crippen molar-refractivity contribution in [2.75, 3.05) is 0 Å². The zero-order valence-corrected chi connectivity index (χ0v) is 7.26. The van der Waals surface area contributed by atoms with Gasteiger partial charge in [0.1, 0.15) is 0 Å². The quantitative estimate of drug-likeness (QED) is 0.629. The zero-order valence-electron chi connectivity index (χ0n) is 3.83. The van der Waals surface area contributed by atoms with Gasteiger partial charge in [-0.15, -0.1) is 34.0 Å². The molecule has 0 bridgehead atoms. The first-order valence-electron chi connectivity index (χ1n) is 1.82. The van der Waals surface area contributed by atoms with Crippen LogP contribution in [0, 0.1) is 0 Å². The van der Waals surface area contributed by atoms with E-state index in [1.807, 2.05) is 0 Å². The van der Waals surface area contributed by atoms with Gasteiger partial charge in [0.25, 0.3) is 0 Å². The molecule has 7 heavy (non-hydrogen) atoms. The van der Waals surface area contributed by atoms with Crippen molar-refractivity contribution in [3.05, 3.63) is 0 Å². The van der Waals surface area contributed by atoms with Gasteiger partial charge in [0.15, 0.2) is 0 Å². The van der Waals surface area contributed by atoms with E-state index in [0.717, 1.165) is 6.42 Å². The van der Waals surface area contributed by atoms with Crippen LogP contribution < -0.4 is 11.5 Å². The van der Waals surface area contributed by atoms with E-state index in [1.165, 1.54) is 0 Å². The van der Waals surface area contributed by atoms with Gasteiger partial charge >= 0.3 is 0 Å². The minimum absolute atomic E-state index is 0. The molecule has 0 radical (unpaired) electrons. The highest BCUT2D eigenvalue weighted by Crippen LogP contribution is 2.12. The van der Waals surface area contributed by atoms with E-state index in [9.17, 15) is 0 Å². The molecule has 2 atom stereocenters. The Morgan fingerprint density at radius 1 is 1.00 bits per heavy atom. The predicted molar refractivity (Wildman–Crippen MR) is 41.2 cm³/mol. The molecular formula is C3H10Br2N2. The minimum Gasteiger partial charge on any atom is -0.326 e. The van der Waals surface area contributed by atoms with Gasteiger partial charge in [-0.05, 0) is 6.42 Å². The van der Waals surface area contributed by atoms with Crippen LogP contribution >= 0.6 is 34.0 Å². The first-order chi connectivity index (χ1) is 2.30. The van der Waals surface area contributed by atoms with E-state index in [-0.39, 0.29) is 34.0 Å². The van der Waals surface area contributed by atoms with E-state index in [4.69, 9.17) is 11.5 Å². The lowest BCUT2D eigenvalue weighted by molar-refractivity contribution is 0.962. The molecule has 0 saturated heterocycles. The first kappa shape index (κ1) is 10.8. The van der Waals surface area contributed by atoms with E-state index in [0.29, 0.717) is 12.1 Å². The summed E-state index contributed by atoms with van der Waals surface area (Å²) in [7, 11) is 0. The molecule has 0 unspecified atom stereocenters. The summed E-state index contributed by atoms with van der Waals surface area (Å²) >= 11 is 0. The molecule has 0 spiro atoms.